The van der Waals surface area contributed by atoms with Crippen molar-refractivity contribution < 1.29 is 23.1 Å². The Bertz CT molecular complexity index is 689. The van der Waals surface area contributed by atoms with Crippen LogP contribution in [0, 0.1) is 5.41 Å². The predicted octanol–water partition coefficient (Wildman–Crippen LogP) is 2.10. The molecule has 1 amide bonds. The third kappa shape index (κ3) is 6.40. The Hall–Kier alpha value is -1.89. The molecule has 23 heavy (non-hydrogen) atoms. The van der Waals surface area contributed by atoms with Crippen molar-refractivity contribution in [3.63, 3.8) is 0 Å². The van der Waals surface area contributed by atoms with E-state index in [2.05, 4.69) is 5.32 Å². The van der Waals surface area contributed by atoms with E-state index in [0.717, 1.165) is 6.26 Å². The molecule has 1 aromatic rings. The van der Waals surface area contributed by atoms with Crippen molar-refractivity contribution in [1.29, 1.82) is 0 Å². The van der Waals surface area contributed by atoms with Crippen LogP contribution in [0.15, 0.2) is 29.2 Å². The minimum atomic E-state index is -3.43. The van der Waals surface area contributed by atoms with Gasteiger partial charge in [0, 0.05) is 11.8 Å². The van der Waals surface area contributed by atoms with Gasteiger partial charge in [-0.15, -0.1) is 0 Å². The number of benzene rings is 1. The van der Waals surface area contributed by atoms with Crippen LogP contribution >= 0.6 is 0 Å². The molecule has 128 valence electrons. The topological polar surface area (TPSA) is 101 Å². The van der Waals surface area contributed by atoms with E-state index in [-0.39, 0.29) is 15.9 Å². The monoisotopic (exact) mass is 341 g/mol. The van der Waals surface area contributed by atoms with E-state index in [1.807, 2.05) is 20.8 Å². The molecule has 1 unspecified atom stereocenters. The molecule has 0 aliphatic carbocycles. The highest BCUT2D eigenvalue weighted by atomic mass is 32.2. The highest BCUT2D eigenvalue weighted by Crippen LogP contribution is 2.22. The van der Waals surface area contributed by atoms with Crippen LogP contribution in [0.2, 0.25) is 0 Å². The summed E-state index contributed by atoms with van der Waals surface area (Å²) in [6.45, 7) is 5.97. The molecule has 0 aliphatic heterocycles. The molecule has 1 rings (SSSR count). The zero-order chi connectivity index (χ0) is 17.8. The average molecular weight is 341 g/mol. The van der Waals surface area contributed by atoms with Gasteiger partial charge in [0.2, 0.25) is 0 Å². The van der Waals surface area contributed by atoms with Crippen LogP contribution < -0.4 is 5.32 Å². The van der Waals surface area contributed by atoms with Crippen molar-refractivity contribution >= 4 is 21.7 Å². The Balaban J connectivity index is 2.89. The van der Waals surface area contributed by atoms with Crippen molar-refractivity contribution in [1.82, 2.24) is 5.32 Å². The number of hydrogen-bond acceptors (Lipinski definition) is 4. The van der Waals surface area contributed by atoms with E-state index in [0.29, 0.717) is 12.8 Å². The Labute approximate surface area is 136 Å². The second-order valence-corrected chi connectivity index (χ2v) is 8.78. The normalized spacial score (nSPS) is 13.4. The fraction of sp³-hybridized carbons (Fsp3) is 0.500. The van der Waals surface area contributed by atoms with E-state index < -0.39 is 27.8 Å². The number of amides is 1. The number of carbonyl (C=O) groups excluding carboxylic acids is 1. The standard InChI is InChI=1S/C16H23NO5S/c1-16(2,3)9-8-13(15(19)20)17-14(18)11-6-5-7-12(10-11)23(4,21)22/h5-7,10,13H,8-9H2,1-4H3,(H,17,18)(H,19,20). The van der Waals surface area contributed by atoms with Gasteiger partial charge in [-0.05, 0) is 36.5 Å². The Kier molecular flexibility index (Phi) is 5.93. The molecular weight excluding hydrogens is 318 g/mol. The third-order valence-electron chi connectivity index (χ3n) is 3.31. The molecule has 0 heterocycles. The lowest BCUT2D eigenvalue weighted by atomic mass is 9.88. The maximum absolute atomic E-state index is 12.2. The lowest BCUT2D eigenvalue weighted by Crippen LogP contribution is -2.41. The van der Waals surface area contributed by atoms with Crippen molar-refractivity contribution in [2.24, 2.45) is 5.41 Å². The van der Waals surface area contributed by atoms with Gasteiger partial charge in [0.05, 0.1) is 4.90 Å². The second kappa shape index (κ2) is 7.12. The number of carbonyl (C=O) groups is 2. The molecule has 7 heteroatoms. The number of nitrogens with one attached hydrogen (secondary N) is 1. The predicted molar refractivity (Wildman–Crippen MR) is 87.1 cm³/mol. The number of carboxylic acid groups (broad SMARTS) is 1. The summed E-state index contributed by atoms with van der Waals surface area (Å²) in [5.41, 5.74) is 0.0733. The summed E-state index contributed by atoms with van der Waals surface area (Å²) in [5, 5.41) is 11.7. The van der Waals surface area contributed by atoms with Crippen molar-refractivity contribution in [3.05, 3.63) is 29.8 Å². The number of sulfone groups is 1. The van der Waals surface area contributed by atoms with Crippen LogP contribution in [0.25, 0.3) is 0 Å². The first-order valence-electron chi connectivity index (χ1n) is 7.24. The fourth-order valence-corrected chi connectivity index (χ4v) is 2.61. The van der Waals surface area contributed by atoms with Gasteiger partial charge < -0.3 is 10.4 Å². The van der Waals surface area contributed by atoms with Crippen molar-refractivity contribution in [2.45, 2.75) is 44.6 Å². The molecule has 0 aromatic heterocycles. The first kappa shape index (κ1) is 19.2. The van der Waals surface area contributed by atoms with Crippen LogP contribution in [0.4, 0.5) is 0 Å². The van der Waals surface area contributed by atoms with Gasteiger partial charge in [-0.25, -0.2) is 13.2 Å². The van der Waals surface area contributed by atoms with Crippen LogP contribution in [-0.4, -0.2) is 37.7 Å². The average Bonchev–Trinajstić information content (AvgIpc) is 2.41. The molecule has 2 N–H and O–H groups in total. The van der Waals surface area contributed by atoms with E-state index in [1.165, 1.54) is 24.3 Å². The Morgan fingerprint density at radius 1 is 1.26 bits per heavy atom. The second-order valence-electron chi connectivity index (χ2n) is 6.76. The zero-order valence-electron chi connectivity index (χ0n) is 13.8. The summed E-state index contributed by atoms with van der Waals surface area (Å²) in [4.78, 5) is 23.5. The summed E-state index contributed by atoms with van der Waals surface area (Å²) in [7, 11) is -3.43. The maximum Gasteiger partial charge on any atom is 0.326 e. The first-order valence-corrected chi connectivity index (χ1v) is 9.13. The molecular formula is C16H23NO5S. The number of carboxylic acids is 1. The van der Waals surface area contributed by atoms with Crippen LogP contribution in [-0.2, 0) is 14.6 Å². The third-order valence-corrected chi connectivity index (χ3v) is 4.42. The van der Waals surface area contributed by atoms with E-state index in [1.54, 1.807) is 0 Å². The smallest absolute Gasteiger partial charge is 0.326 e. The highest BCUT2D eigenvalue weighted by molar-refractivity contribution is 7.90. The van der Waals surface area contributed by atoms with Gasteiger partial charge in [-0.2, -0.15) is 0 Å². The van der Waals surface area contributed by atoms with E-state index in [9.17, 15) is 23.1 Å². The number of rotatable bonds is 6. The molecule has 1 atom stereocenters. The van der Waals surface area contributed by atoms with Gasteiger partial charge >= 0.3 is 5.97 Å². The lowest BCUT2D eigenvalue weighted by molar-refractivity contribution is -0.139. The minimum absolute atomic E-state index is 0.0201. The molecule has 0 bridgehead atoms. The van der Waals surface area contributed by atoms with Crippen LogP contribution in [0.5, 0.6) is 0 Å². The zero-order valence-corrected chi connectivity index (χ0v) is 14.6. The van der Waals surface area contributed by atoms with E-state index in [4.69, 9.17) is 0 Å². The molecule has 0 spiro atoms. The molecule has 0 aliphatic rings. The molecule has 0 fully saturated rings. The first-order chi connectivity index (χ1) is 10.4. The quantitative estimate of drug-likeness (QED) is 0.825. The largest absolute Gasteiger partial charge is 0.480 e. The van der Waals surface area contributed by atoms with Gasteiger partial charge in [-0.3, -0.25) is 4.79 Å². The molecule has 0 saturated heterocycles. The van der Waals surface area contributed by atoms with Crippen LogP contribution in [0.3, 0.4) is 0 Å². The summed E-state index contributed by atoms with van der Waals surface area (Å²) >= 11 is 0. The fourth-order valence-electron chi connectivity index (χ4n) is 1.94. The Morgan fingerprint density at radius 2 is 1.87 bits per heavy atom. The van der Waals surface area contributed by atoms with Gasteiger partial charge in [-0.1, -0.05) is 26.8 Å². The van der Waals surface area contributed by atoms with Crippen LogP contribution in [0.1, 0.15) is 44.0 Å². The molecule has 1 aromatic carbocycles. The minimum Gasteiger partial charge on any atom is -0.480 e. The summed E-state index contributed by atoms with van der Waals surface area (Å²) < 4.78 is 23.1. The molecule has 0 saturated carbocycles. The number of hydrogen-bond donors (Lipinski definition) is 2. The maximum atomic E-state index is 12.2. The highest BCUT2D eigenvalue weighted by Gasteiger charge is 2.23. The van der Waals surface area contributed by atoms with E-state index >= 15 is 0 Å². The molecule has 6 nitrogen and oxygen atoms in total. The van der Waals surface area contributed by atoms with Gasteiger partial charge in [0.15, 0.2) is 9.84 Å². The van der Waals surface area contributed by atoms with Gasteiger partial charge in [0.25, 0.3) is 5.91 Å². The van der Waals surface area contributed by atoms with Crippen molar-refractivity contribution in [3.8, 4) is 0 Å². The SMILES string of the molecule is CC(C)(C)CCC(NC(=O)c1cccc(S(C)(=O)=O)c1)C(=O)O. The number of aliphatic carboxylic acids is 1. The summed E-state index contributed by atoms with van der Waals surface area (Å²) in [6.07, 6.45) is 1.98. The molecule has 0 radical (unpaired) electrons. The Morgan fingerprint density at radius 3 is 2.35 bits per heavy atom. The summed E-state index contributed by atoms with van der Waals surface area (Å²) in [5.74, 6) is -1.71. The van der Waals surface area contributed by atoms with Gasteiger partial charge in [0.1, 0.15) is 6.04 Å². The summed E-state index contributed by atoms with van der Waals surface area (Å²) in [6, 6.07) is 4.53. The lowest BCUT2D eigenvalue weighted by Gasteiger charge is -2.21. The van der Waals surface area contributed by atoms with Crippen molar-refractivity contribution in [2.75, 3.05) is 6.26 Å².